The number of aromatic nitrogens is 2. The lowest BCUT2D eigenvalue weighted by Crippen LogP contribution is -2.30. The summed E-state index contributed by atoms with van der Waals surface area (Å²) in [6.45, 7) is 5.93. The van der Waals surface area contributed by atoms with Crippen LogP contribution < -0.4 is 26.0 Å². The van der Waals surface area contributed by atoms with Crippen molar-refractivity contribution in [1.29, 1.82) is 0 Å². The number of nitrogens with zero attached hydrogens (tertiary/aromatic N) is 2. The summed E-state index contributed by atoms with van der Waals surface area (Å²) in [6.07, 6.45) is 8.75. The number of carbonyl (C=O) groups excluding carboxylic acids is 1. The summed E-state index contributed by atoms with van der Waals surface area (Å²) in [7, 11) is 0. The molecule has 0 spiro atoms. The molecule has 0 aliphatic carbocycles. The van der Waals surface area contributed by atoms with Gasteiger partial charge in [-0.3, -0.25) is 4.79 Å². The molecule has 0 bridgehead atoms. The molecular weight excluding hydrogens is 551 g/mol. The van der Waals surface area contributed by atoms with E-state index in [2.05, 4.69) is 49.5 Å². The molecular formula is C29H32ClFN6O2S. The highest BCUT2D eigenvalue weighted by atomic mass is 35.5. The predicted octanol–water partition coefficient (Wildman–Crippen LogP) is 6.05. The highest BCUT2D eigenvalue weighted by molar-refractivity contribution is 8.00. The number of carbonyl (C=O) groups is 1. The number of ether oxygens (including phenoxy) is 1. The van der Waals surface area contributed by atoms with E-state index in [1.165, 1.54) is 25.4 Å². The highest BCUT2D eigenvalue weighted by Crippen LogP contribution is 2.44. The summed E-state index contributed by atoms with van der Waals surface area (Å²) >= 11 is 8.11. The molecule has 4 N–H and O–H groups in total. The standard InChI is InChI=1S/C29H32ClFN6O2S/c1-3-21(8-4-5-12-32-13-14-33-19(2)38)28-37-26-27(34-18-35-29(26)40-28)36-23-10-11-25(24(30)16-23)39-17-20-7-6-9-22(31)15-20/h3-4,6-11,15-16,18,28,32,37H,5,12-14,17H2,1-2H3,(H,33,38)(H,34,35,36)/b8-4-,21-3+. The van der Waals surface area contributed by atoms with E-state index in [0.29, 0.717) is 23.1 Å². The summed E-state index contributed by atoms with van der Waals surface area (Å²) in [4.78, 5) is 19.8. The van der Waals surface area contributed by atoms with Crippen molar-refractivity contribution in [1.82, 2.24) is 20.6 Å². The number of thioether (sulfide) groups is 1. The minimum Gasteiger partial charge on any atom is -0.487 e. The Bertz CT molecular complexity index is 1390. The van der Waals surface area contributed by atoms with E-state index >= 15 is 0 Å². The molecule has 1 atom stereocenters. The Labute approximate surface area is 242 Å². The van der Waals surface area contributed by atoms with E-state index in [-0.39, 0.29) is 23.7 Å². The molecule has 11 heteroatoms. The molecule has 1 aliphatic rings. The Balaban J connectivity index is 1.32. The Hall–Kier alpha value is -3.60. The molecule has 1 amide bonds. The average molecular weight is 583 g/mol. The molecule has 3 aromatic rings. The van der Waals surface area contributed by atoms with Crippen LogP contribution in [-0.4, -0.2) is 40.9 Å². The molecule has 40 heavy (non-hydrogen) atoms. The Kier molecular flexibility index (Phi) is 10.8. The fourth-order valence-corrected chi connectivity index (χ4v) is 5.29. The zero-order chi connectivity index (χ0) is 28.3. The lowest BCUT2D eigenvalue weighted by atomic mass is 10.2. The number of anilines is 3. The summed E-state index contributed by atoms with van der Waals surface area (Å²) in [5, 5.41) is 14.2. The molecule has 1 unspecified atom stereocenters. The van der Waals surface area contributed by atoms with Crippen LogP contribution in [0, 0.1) is 5.82 Å². The summed E-state index contributed by atoms with van der Waals surface area (Å²) in [6, 6.07) is 11.7. The van der Waals surface area contributed by atoms with Gasteiger partial charge in [0, 0.05) is 25.7 Å². The van der Waals surface area contributed by atoms with Gasteiger partial charge in [-0.1, -0.05) is 53.7 Å². The second-order valence-corrected chi connectivity index (χ2v) is 10.4. The first-order chi connectivity index (χ1) is 19.4. The molecule has 4 rings (SSSR count). The number of hydrogen-bond acceptors (Lipinski definition) is 8. The molecule has 0 saturated carbocycles. The van der Waals surface area contributed by atoms with Gasteiger partial charge in [-0.05, 0) is 61.4 Å². The number of allylic oxidation sites excluding steroid dienone is 1. The van der Waals surface area contributed by atoms with Gasteiger partial charge < -0.3 is 26.0 Å². The van der Waals surface area contributed by atoms with Crippen molar-refractivity contribution in [2.75, 3.05) is 30.3 Å². The van der Waals surface area contributed by atoms with Gasteiger partial charge in [0.05, 0.1) is 5.02 Å². The molecule has 2 aromatic carbocycles. The van der Waals surface area contributed by atoms with Crippen molar-refractivity contribution in [2.24, 2.45) is 0 Å². The van der Waals surface area contributed by atoms with E-state index in [9.17, 15) is 9.18 Å². The van der Waals surface area contributed by atoms with Gasteiger partial charge >= 0.3 is 0 Å². The molecule has 2 heterocycles. The SMILES string of the molecule is C/C=C(\C=C/CCNCCNC(C)=O)C1Nc2c(Nc3ccc(OCc4cccc(F)c4)c(Cl)c3)ncnc2S1. The van der Waals surface area contributed by atoms with Crippen LogP contribution in [0.25, 0.3) is 0 Å². The predicted molar refractivity (Wildman–Crippen MR) is 160 cm³/mol. The van der Waals surface area contributed by atoms with Gasteiger partial charge in [-0.25, -0.2) is 14.4 Å². The van der Waals surface area contributed by atoms with Crippen molar-refractivity contribution in [2.45, 2.75) is 37.3 Å². The lowest BCUT2D eigenvalue weighted by molar-refractivity contribution is -0.118. The number of amides is 1. The molecule has 1 aromatic heterocycles. The number of hydrogen-bond donors (Lipinski definition) is 4. The largest absolute Gasteiger partial charge is 0.487 e. The average Bonchev–Trinajstić information content (AvgIpc) is 3.37. The maximum Gasteiger partial charge on any atom is 0.216 e. The van der Waals surface area contributed by atoms with Crippen molar-refractivity contribution in [3.8, 4) is 5.75 Å². The number of benzene rings is 2. The molecule has 0 radical (unpaired) electrons. The van der Waals surface area contributed by atoms with Crippen LogP contribution in [0.2, 0.25) is 5.02 Å². The Morgan fingerprint density at radius 3 is 2.85 bits per heavy atom. The van der Waals surface area contributed by atoms with Crippen LogP contribution in [0.15, 0.2) is 77.6 Å². The lowest BCUT2D eigenvalue weighted by Gasteiger charge is -2.14. The zero-order valence-corrected chi connectivity index (χ0v) is 23.9. The molecule has 0 fully saturated rings. The van der Waals surface area contributed by atoms with Crippen molar-refractivity contribution in [3.05, 3.63) is 89.0 Å². The highest BCUT2D eigenvalue weighted by Gasteiger charge is 2.27. The van der Waals surface area contributed by atoms with E-state index < -0.39 is 0 Å². The van der Waals surface area contributed by atoms with Crippen molar-refractivity contribution < 1.29 is 13.9 Å². The fourth-order valence-electron chi connectivity index (χ4n) is 3.92. The first-order valence-corrected chi connectivity index (χ1v) is 14.2. The van der Waals surface area contributed by atoms with Crippen LogP contribution >= 0.6 is 23.4 Å². The summed E-state index contributed by atoms with van der Waals surface area (Å²) in [5.74, 6) is 0.827. The number of halogens is 2. The topological polar surface area (TPSA) is 100 Å². The van der Waals surface area contributed by atoms with Gasteiger partial charge in [0.25, 0.3) is 0 Å². The molecule has 210 valence electrons. The molecule has 8 nitrogen and oxygen atoms in total. The third-order valence-corrected chi connectivity index (χ3v) is 7.36. The maximum absolute atomic E-state index is 13.4. The van der Waals surface area contributed by atoms with Crippen LogP contribution in [0.5, 0.6) is 5.75 Å². The maximum atomic E-state index is 13.4. The minimum absolute atomic E-state index is 0.00316. The van der Waals surface area contributed by atoms with Crippen LogP contribution in [0.1, 0.15) is 25.8 Å². The molecule has 0 saturated heterocycles. The van der Waals surface area contributed by atoms with Crippen molar-refractivity contribution in [3.63, 3.8) is 0 Å². The summed E-state index contributed by atoms with van der Waals surface area (Å²) < 4.78 is 19.2. The molecule has 1 aliphatic heterocycles. The van der Waals surface area contributed by atoms with Gasteiger partial charge in [0.2, 0.25) is 5.91 Å². The fraction of sp³-hybridized carbons (Fsp3) is 0.276. The van der Waals surface area contributed by atoms with E-state index in [1.54, 1.807) is 36.0 Å². The van der Waals surface area contributed by atoms with Crippen LogP contribution in [0.4, 0.5) is 21.6 Å². The first-order valence-electron chi connectivity index (χ1n) is 12.9. The normalized spacial score (nSPS) is 14.6. The first kappa shape index (κ1) is 29.4. The van der Waals surface area contributed by atoms with E-state index in [1.807, 2.05) is 13.0 Å². The second-order valence-electron chi connectivity index (χ2n) is 8.95. The zero-order valence-electron chi connectivity index (χ0n) is 22.3. The van der Waals surface area contributed by atoms with E-state index in [0.717, 1.165) is 47.0 Å². The summed E-state index contributed by atoms with van der Waals surface area (Å²) in [5.41, 5.74) is 3.43. The smallest absolute Gasteiger partial charge is 0.216 e. The van der Waals surface area contributed by atoms with Gasteiger partial charge in [0.1, 0.15) is 40.6 Å². The monoisotopic (exact) mass is 582 g/mol. The van der Waals surface area contributed by atoms with E-state index in [4.69, 9.17) is 16.3 Å². The van der Waals surface area contributed by atoms with Gasteiger partial charge in [0.15, 0.2) is 5.82 Å². The number of rotatable bonds is 13. The Morgan fingerprint density at radius 1 is 1.20 bits per heavy atom. The van der Waals surface area contributed by atoms with Crippen molar-refractivity contribution >= 4 is 46.5 Å². The quantitative estimate of drug-likeness (QED) is 0.110. The van der Waals surface area contributed by atoms with Crippen LogP contribution in [0.3, 0.4) is 0 Å². The van der Waals surface area contributed by atoms with Crippen LogP contribution in [-0.2, 0) is 11.4 Å². The van der Waals surface area contributed by atoms with Gasteiger partial charge in [-0.15, -0.1) is 0 Å². The third-order valence-electron chi connectivity index (χ3n) is 5.91. The third kappa shape index (κ3) is 8.45. The number of nitrogens with one attached hydrogen (secondary N) is 4. The second kappa shape index (κ2) is 14.7. The van der Waals surface area contributed by atoms with Gasteiger partial charge in [-0.2, -0.15) is 0 Å². The minimum atomic E-state index is -0.306. The number of fused-ring (bicyclic) bond motifs is 1. The Morgan fingerprint density at radius 2 is 2.08 bits per heavy atom.